The van der Waals surface area contributed by atoms with Crippen molar-refractivity contribution in [3.63, 3.8) is 0 Å². The fourth-order valence-corrected chi connectivity index (χ4v) is 1.40. The van der Waals surface area contributed by atoms with Crippen LogP contribution in [0.4, 0.5) is 0 Å². The predicted molar refractivity (Wildman–Crippen MR) is 56.4 cm³/mol. The van der Waals surface area contributed by atoms with Crippen LogP contribution in [-0.4, -0.2) is 33.3 Å². The minimum absolute atomic E-state index is 0.530. The molecular weight excluding hydrogens is 194 g/mol. The summed E-state index contributed by atoms with van der Waals surface area (Å²) in [5.41, 5.74) is 0.775. The van der Waals surface area contributed by atoms with Crippen molar-refractivity contribution in [2.45, 2.75) is 39.3 Å². The number of hydrogen-bond donors (Lipinski definition) is 1. The van der Waals surface area contributed by atoms with Gasteiger partial charge >= 0.3 is 0 Å². The van der Waals surface area contributed by atoms with Crippen molar-refractivity contribution in [1.82, 2.24) is 15.0 Å². The van der Waals surface area contributed by atoms with Gasteiger partial charge in [0.25, 0.3) is 0 Å². The Balaban J connectivity index is 2.48. The highest BCUT2D eigenvalue weighted by Gasteiger charge is 2.13. The van der Waals surface area contributed by atoms with Crippen molar-refractivity contribution in [2.24, 2.45) is 0 Å². The van der Waals surface area contributed by atoms with Gasteiger partial charge in [-0.15, -0.1) is 5.10 Å². The molecule has 0 amide bonds. The third-order valence-electron chi connectivity index (χ3n) is 2.16. The zero-order chi connectivity index (χ0) is 11.1. The maximum absolute atomic E-state index is 9.86. The molecule has 1 N–H and O–H groups in total. The molecule has 1 aromatic rings. The van der Waals surface area contributed by atoms with Crippen molar-refractivity contribution in [2.75, 3.05) is 13.2 Å². The van der Waals surface area contributed by atoms with Crippen molar-refractivity contribution >= 4 is 0 Å². The van der Waals surface area contributed by atoms with E-state index in [1.54, 1.807) is 10.9 Å². The first-order chi connectivity index (χ1) is 7.29. The van der Waals surface area contributed by atoms with Gasteiger partial charge in [0, 0.05) is 26.2 Å². The van der Waals surface area contributed by atoms with E-state index in [0.717, 1.165) is 18.7 Å². The van der Waals surface area contributed by atoms with E-state index in [1.807, 2.05) is 6.92 Å². The molecule has 0 saturated carbocycles. The Hall–Kier alpha value is -0.940. The first-order valence-corrected chi connectivity index (χ1v) is 5.43. The van der Waals surface area contributed by atoms with Gasteiger partial charge in [-0.2, -0.15) is 0 Å². The topological polar surface area (TPSA) is 60.2 Å². The van der Waals surface area contributed by atoms with E-state index in [4.69, 9.17) is 4.74 Å². The smallest absolute Gasteiger partial charge is 0.0995 e. The summed E-state index contributed by atoms with van der Waals surface area (Å²) in [6.45, 7) is 6.04. The predicted octanol–water partition coefficient (Wildman–Crippen LogP) is 1.15. The molecule has 0 spiro atoms. The molecule has 0 fully saturated rings. The molecule has 0 saturated heterocycles. The number of aryl methyl sites for hydroxylation is 1. The maximum atomic E-state index is 9.86. The molecule has 5 heteroatoms. The molecule has 0 radical (unpaired) electrons. The molecule has 0 aliphatic heterocycles. The van der Waals surface area contributed by atoms with E-state index in [9.17, 15) is 5.11 Å². The van der Waals surface area contributed by atoms with Crippen molar-refractivity contribution in [1.29, 1.82) is 0 Å². The largest absolute Gasteiger partial charge is 0.387 e. The van der Waals surface area contributed by atoms with E-state index < -0.39 is 6.10 Å². The third kappa shape index (κ3) is 3.60. The normalized spacial score (nSPS) is 13.0. The van der Waals surface area contributed by atoms with Crippen LogP contribution in [0.1, 0.15) is 38.5 Å². The highest BCUT2D eigenvalue weighted by Crippen LogP contribution is 2.15. The maximum Gasteiger partial charge on any atom is 0.0995 e. The van der Waals surface area contributed by atoms with E-state index >= 15 is 0 Å². The average molecular weight is 213 g/mol. The summed E-state index contributed by atoms with van der Waals surface area (Å²) >= 11 is 0. The second-order valence-electron chi connectivity index (χ2n) is 3.38. The summed E-state index contributed by atoms with van der Waals surface area (Å²) in [6.07, 6.45) is 2.66. The summed E-state index contributed by atoms with van der Waals surface area (Å²) in [5.74, 6) is 0. The van der Waals surface area contributed by atoms with Gasteiger partial charge in [-0.3, -0.25) is 0 Å². The molecule has 0 bridgehead atoms. The Morgan fingerprint density at radius 2 is 2.33 bits per heavy atom. The highest BCUT2D eigenvalue weighted by molar-refractivity contribution is 4.98. The summed E-state index contributed by atoms with van der Waals surface area (Å²) < 4.78 is 6.94. The van der Waals surface area contributed by atoms with Crippen molar-refractivity contribution in [3.05, 3.63) is 11.9 Å². The first-order valence-electron chi connectivity index (χ1n) is 5.43. The standard InChI is InChI=1S/C10H19N3O2/c1-3-6-13-9(8-11-12-13)10(14)5-7-15-4-2/h8,10,14H,3-7H2,1-2H3. The Labute approximate surface area is 90.1 Å². The van der Waals surface area contributed by atoms with Gasteiger partial charge in [0.05, 0.1) is 18.0 Å². The second-order valence-corrected chi connectivity index (χ2v) is 3.38. The molecule has 1 rings (SSSR count). The monoisotopic (exact) mass is 213 g/mol. The number of aromatic nitrogens is 3. The lowest BCUT2D eigenvalue weighted by Crippen LogP contribution is -2.11. The third-order valence-corrected chi connectivity index (χ3v) is 2.16. The minimum Gasteiger partial charge on any atom is -0.387 e. The molecule has 1 aromatic heterocycles. The Kier molecular flexibility index (Phi) is 5.28. The van der Waals surface area contributed by atoms with E-state index in [1.165, 1.54) is 0 Å². The zero-order valence-corrected chi connectivity index (χ0v) is 9.39. The minimum atomic E-state index is -0.530. The summed E-state index contributed by atoms with van der Waals surface area (Å²) in [7, 11) is 0. The molecule has 86 valence electrons. The summed E-state index contributed by atoms with van der Waals surface area (Å²) in [5, 5.41) is 17.6. The van der Waals surface area contributed by atoms with Gasteiger partial charge in [0.1, 0.15) is 0 Å². The van der Waals surface area contributed by atoms with Gasteiger partial charge in [-0.25, -0.2) is 4.68 Å². The lowest BCUT2D eigenvalue weighted by molar-refractivity contribution is 0.0840. The molecule has 1 atom stereocenters. The van der Waals surface area contributed by atoms with Crippen LogP contribution in [0.25, 0.3) is 0 Å². The van der Waals surface area contributed by atoms with Crippen LogP contribution in [0.2, 0.25) is 0 Å². The van der Waals surface area contributed by atoms with Crippen LogP contribution in [-0.2, 0) is 11.3 Å². The number of nitrogens with zero attached hydrogens (tertiary/aromatic N) is 3. The number of aliphatic hydroxyl groups is 1. The Bertz CT molecular complexity index is 275. The molecular formula is C10H19N3O2. The summed E-state index contributed by atoms with van der Waals surface area (Å²) in [4.78, 5) is 0. The van der Waals surface area contributed by atoms with Gasteiger partial charge in [-0.05, 0) is 13.3 Å². The van der Waals surface area contributed by atoms with Crippen molar-refractivity contribution in [3.8, 4) is 0 Å². The van der Waals surface area contributed by atoms with Gasteiger partial charge in [0.2, 0.25) is 0 Å². The van der Waals surface area contributed by atoms with Crippen LogP contribution < -0.4 is 0 Å². The zero-order valence-electron chi connectivity index (χ0n) is 9.39. The number of rotatable bonds is 7. The van der Waals surface area contributed by atoms with Gasteiger partial charge in [0.15, 0.2) is 0 Å². The molecule has 0 aliphatic carbocycles. The lowest BCUT2D eigenvalue weighted by Gasteiger charge is -2.11. The molecule has 5 nitrogen and oxygen atoms in total. The molecule has 0 aliphatic rings. The molecule has 1 unspecified atom stereocenters. The first kappa shape index (κ1) is 12.1. The highest BCUT2D eigenvalue weighted by atomic mass is 16.5. The second kappa shape index (κ2) is 6.53. The molecule has 1 heterocycles. The van der Waals surface area contributed by atoms with Crippen LogP contribution in [0.15, 0.2) is 6.20 Å². The number of aliphatic hydroxyl groups excluding tert-OH is 1. The lowest BCUT2D eigenvalue weighted by atomic mass is 10.2. The molecule has 0 aromatic carbocycles. The molecule has 15 heavy (non-hydrogen) atoms. The van der Waals surface area contributed by atoms with Crippen molar-refractivity contribution < 1.29 is 9.84 Å². The van der Waals surface area contributed by atoms with E-state index in [-0.39, 0.29) is 0 Å². The SMILES string of the molecule is CCCn1nncc1C(O)CCOCC. The fraction of sp³-hybridized carbons (Fsp3) is 0.800. The van der Waals surface area contributed by atoms with Gasteiger partial charge < -0.3 is 9.84 Å². The Morgan fingerprint density at radius 3 is 3.00 bits per heavy atom. The number of hydrogen-bond acceptors (Lipinski definition) is 4. The summed E-state index contributed by atoms with van der Waals surface area (Å²) in [6, 6.07) is 0. The van der Waals surface area contributed by atoms with Crippen LogP contribution in [0.5, 0.6) is 0 Å². The van der Waals surface area contributed by atoms with E-state index in [0.29, 0.717) is 19.6 Å². The number of ether oxygens (including phenoxy) is 1. The Morgan fingerprint density at radius 1 is 1.53 bits per heavy atom. The fourth-order valence-electron chi connectivity index (χ4n) is 1.40. The van der Waals surface area contributed by atoms with Gasteiger partial charge in [-0.1, -0.05) is 12.1 Å². The van der Waals surface area contributed by atoms with Crippen LogP contribution in [0, 0.1) is 0 Å². The van der Waals surface area contributed by atoms with Crippen LogP contribution >= 0.6 is 0 Å². The quantitative estimate of drug-likeness (QED) is 0.690. The average Bonchev–Trinajstić information content (AvgIpc) is 2.67. The van der Waals surface area contributed by atoms with Crippen LogP contribution in [0.3, 0.4) is 0 Å². The van der Waals surface area contributed by atoms with E-state index in [2.05, 4.69) is 17.2 Å².